The lowest BCUT2D eigenvalue weighted by atomic mass is 10.2. The van der Waals surface area contributed by atoms with Crippen molar-refractivity contribution in [3.63, 3.8) is 0 Å². The first-order valence-electron chi connectivity index (χ1n) is 8.28. The van der Waals surface area contributed by atoms with Gasteiger partial charge in [-0.3, -0.25) is 4.79 Å². The quantitative estimate of drug-likeness (QED) is 0.660. The molecule has 1 amide bonds. The van der Waals surface area contributed by atoms with Gasteiger partial charge in [0.2, 0.25) is 10.0 Å². The number of rotatable bonds is 6. The first kappa shape index (κ1) is 19.6. The van der Waals surface area contributed by atoms with Crippen molar-refractivity contribution in [1.29, 1.82) is 0 Å². The summed E-state index contributed by atoms with van der Waals surface area (Å²) in [6.07, 6.45) is 2.70. The minimum atomic E-state index is -3.56. The molecule has 144 valence electrons. The van der Waals surface area contributed by atoms with Gasteiger partial charge in [0, 0.05) is 24.5 Å². The Morgan fingerprint density at radius 1 is 1.07 bits per heavy atom. The molecule has 2 N–H and O–H groups in total. The Bertz CT molecular complexity index is 1100. The average molecular weight is 400 g/mol. The molecule has 1 aromatic heterocycles. The van der Waals surface area contributed by atoms with Crippen LogP contribution in [-0.4, -0.2) is 31.3 Å². The highest BCUT2D eigenvalue weighted by molar-refractivity contribution is 7.89. The molecular formula is C19H17FN4O3S. The molecule has 0 aliphatic carbocycles. The van der Waals surface area contributed by atoms with E-state index in [-0.39, 0.29) is 17.0 Å². The Labute approximate surface area is 161 Å². The van der Waals surface area contributed by atoms with Crippen molar-refractivity contribution < 1.29 is 17.6 Å². The molecule has 9 heteroatoms. The zero-order chi connectivity index (χ0) is 20.1. The number of carbonyl (C=O) groups is 1. The molecule has 0 atom stereocenters. The van der Waals surface area contributed by atoms with Crippen molar-refractivity contribution in [3.05, 3.63) is 77.9 Å². The fourth-order valence-corrected chi connectivity index (χ4v) is 3.25. The van der Waals surface area contributed by atoms with Crippen LogP contribution in [0.2, 0.25) is 0 Å². The molecule has 2 aromatic carbocycles. The number of hydrogen-bond donors (Lipinski definition) is 2. The van der Waals surface area contributed by atoms with Crippen molar-refractivity contribution in [2.45, 2.75) is 11.4 Å². The van der Waals surface area contributed by atoms with Crippen LogP contribution in [0.15, 0.2) is 65.8 Å². The lowest BCUT2D eigenvalue weighted by Crippen LogP contribution is -2.23. The third-order valence-electron chi connectivity index (χ3n) is 3.93. The molecule has 0 aliphatic heterocycles. The molecular weight excluding hydrogens is 383 g/mol. The number of aromatic nitrogens is 2. The van der Waals surface area contributed by atoms with E-state index in [0.29, 0.717) is 17.0 Å². The predicted octanol–water partition coefficient (Wildman–Crippen LogP) is 2.12. The summed E-state index contributed by atoms with van der Waals surface area (Å²) in [5.41, 5.74) is 1.37. The van der Waals surface area contributed by atoms with E-state index in [0.717, 1.165) is 0 Å². The third-order valence-corrected chi connectivity index (χ3v) is 5.34. The third kappa shape index (κ3) is 4.56. The van der Waals surface area contributed by atoms with Crippen LogP contribution >= 0.6 is 0 Å². The Morgan fingerprint density at radius 2 is 1.79 bits per heavy atom. The number of nitrogens with one attached hydrogen (secondary N) is 2. The van der Waals surface area contributed by atoms with Gasteiger partial charge in [-0.05, 0) is 36.9 Å². The lowest BCUT2D eigenvalue weighted by molar-refractivity contribution is 0.0950. The summed E-state index contributed by atoms with van der Waals surface area (Å²) in [7, 11) is -2.22. The van der Waals surface area contributed by atoms with E-state index in [1.165, 1.54) is 43.7 Å². The van der Waals surface area contributed by atoms with E-state index < -0.39 is 21.7 Å². The summed E-state index contributed by atoms with van der Waals surface area (Å²) in [5.74, 6) is -0.501. The number of carbonyl (C=O) groups excluding carboxylic acids is 1. The first-order chi connectivity index (χ1) is 13.4. The lowest BCUT2D eigenvalue weighted by Gasteiger charge is -2.08. The molecule has 7 nitrogen and oxygen atoms in total. The van der Waals surface area contributed by atoms with Crippen LogP contribution < -0.4 is 10.0 Å². The first-order valence-corrected chi connectivity index (χ1v) is 9.76. The Morgan fingerprint density at radius 3 is 2.46 bits per heavy atom. The SMILES string of the molecule is CNS(=O)(=O)c1cccc(CNC(=O)c2cnc(-c3cccc(F)c3)nc2)c1. The molecule has 0 radical (unpaired) electrons. The van der Waals surface area contributed by atoms with Crippen molar-refractivity contribution >= 4 is 15.9 Å². The summed E-state index contributed by atoms with van der Waals surface area (Å²) in [5, 5.41) is 2.69. The van der Waals surface area contributed by atoms with Crippen LogP contribution in [-0.2, 0) is 16.6 Å². The summed E-state index contributed by atoms with van der Waals surface area (Å²) in [4.78, 5) is 20.6. The van der Waals surface area contributed by atoms with Crippen LogP contribution in [0.5, 0.6) is 0 Å². The van der Waals surface area contributed by atoms with Gasteiger partial charge in [-0.15, -0.1) is 0 Å². The van der Waals surface area contributed by atoms with Gasteiger partial charge in [-0.1, -0.05) is 24.3 Å². The minimum absolute atomic E-state index is 0.115. The van der Waals surface area contributed by atoms with Gasteiger partial charge in [0.05, 0.1) is 10.5 Å². The topological polar surface area (TPSA) is 101 Å². The highest BCUT2D eigenvalue weighted by Crippen LogP contribution is 2.15. The molecule has 3 rings (SSSR count). The maximum Gasteiger partial charge on any atom is 0.254 e. The van der Waals surface area contributed by atoms with Crippen molar-refractivity contribution in [2.24, 2.45) is 0 Å². The zero-order valence-corrected chi connectivity index (χ0v) is 15.7. The Kier molecular flexibility index (Phi) is 5.76. The highest BCUT2D eigenvalue weighted by Gasteiger charge is 2.12. The summed E-state index contributed by atoms with van der Waals surface area (Å²) in [6, 6.07) is 12.1. The summed E-state index contributed by atoms with van der Waals surface area (Å²) < 4.78 is 39.2. The Hall–Kier alpha value is -3.17. The van der Waals surface area contributed by atoms with Crippen LogP contribution in [0.3, 0.4) is 0 Å². The minimum Gasteiger partial charge on any atom is -0.348 e. The van der Waals surface area contributed by atoms with Gasteiger partial charge in [0.1, 0.15) is 5.82 Å². The summed E-state index contributed by atoms with van der Waals surface area (Å²) in [6.45, 7) is 0.136. The number of hydrogen-bond acceptors (Lipinski definition) is 5. The van der Waals surface area contributed by atoms with Crippen molar-refractivity contribution in [1.82, 2.24) is 20.0 Å². The van der Waals surface area contributed by atoms with E-state index in [4.69, 9.17) is 0 Å². The van der Waals surface area contributed by atoms with Crippen molar-refractivity contribution in [3.8, 4) is 11.4 Å². The van der Waals surface area contributed by atoms with Gasteiger partial charge in [-0.2, -0.15) is 0 Å². The maximum absolute atomic E-state index is 13.3. The predicted molar refractivity (Wildman–Crippen MR) is 101 cm³/mol. The van der Waals surface area contributed by atoms with E-state index in [2.05, 4.69) is 20.0 Å². The van der Waals surface area contributed by atoms with Crippen LogP contribution in [0, 0.1) is 5.82 Å². The van der Waals surface area contributed by atoms with Crippen LogP contribution in [0.25, 0.3) is 11.4 Å². The van der Waals surface area contributed by atoms with Gasteiger partial charge in [0.15, 0.2) is 5.82 Å². The number of sulfonamides is 1. The van der Waals surface area contributed by atoms with Crippen LogP contribution in [0.4, 0.5) is 4.39 Å². The molecule has 0 spiro atoms. The highest BCUT2D eigenvalue weighted by atomic mass is 32.2. The van der Waals surface area contributed by atoms with E-state index in [1.807, 2.05) is 0 Å². The van der Waals surface area contributed by atoms with E-state index in [1.54, 1.807) is 24.3 Å². The number of nitrogens with zero attached hydrogens (tertiary/aromatic N) is 2. The van der Waals surface area contributed by atoms with Crippen molar-refractivity contribution in [2.75, 3.05) is 7.05 Å². The molecule has 0 unspecified atom stereocenters. The standard InChI is InChI=1S/C19H17FN4O3S/c1-21-28(26,27)17-7-2-4-13(8-17)10-24-19(25)15-11-22-18(23-12-15)14-5-3-6-16(20)9-14/h2-9,11-12,21H,10H2,1H3,(H,24,25). The Balaban J connectivity index is 1.68. The van der Waals surface area contributed by atoms with Gasteiger partial charge >= 0.3 is 0 Å². The second-order valence-electron chi connectivity index (χ2n) is 5.84. The monoisotopic (exact) mass is 400 g/mol. The fourth-order valence-electron chi connectivity index (χ4n) is 2.45. The molecule has 3 aromatic rings. The van der Waals surface area contributed by atoms with Gasteiger partial charge in [-0.25, -0.2) is 27.5 Å². The molecule has 0 fully saturated rings. The molecule has 0 saturated carbocycles. The second-order valence-corrected chi connectivity index (χ2v) is 7.73. The van der Waals surface area contributed by atoms with E-state index >= 15 is 0 Å². The normalized spacial score (nSPS) is 11.2. The fraction of sp³-hybridized carbons (Fsp3) is 0.105. The van der Waals surface area contributed by atoms with Crippen LogP contribution in [0.1, 0.15) is 15.9 Å². The largest absolute Gasteiger partial charge is 0.348 e. The molecule has 1 heterocycles. The zero-order valence-electron chi connectivity index (χ0n) is 14.9. The molecule has 0 saturated heterocycles. The van der Waals surface area contributed by atoms with E-state index in [9.17, 15) is 17.6 Å². The molecule has 28 heavy (non-hydrogen) atoms. The number of halogens is 1. The van der Waals surface area contributed by atoms with Gasteiger partial charge in [0.25, 0.3) is 5.91 Å². The maximum atomic E-state index is 13.3. The molecule has 0 aliphatic rings. The average Bonchev–Trinajstić information content (AvgIpc) is 2.72. The number of amides is 1. The smallest absolute Gasteiger partial charge is 0.254 e. The van der Waals surface area contributed by atoms with Gasteiger partial charge < -0.3 is 5.32 Å². The molecule has 0 bridgehead atoms. The summed E-state index contributed by atoms with van der Waals surface area (Å²) >= 11 is 0. The second kappa shape index (κ2) is 8.24. The number of benzene rings is 2.